The summed E-state index contributed by atoms with van der Waals surface area (Å²) >= 11 is 11.6. The molecule has 25 heavy (non-hydrogen) atoms. The summed E-state index contributed by atoms with van der Waals surface area (Å²) in [5.41, 5.74) is 0.201. The lowest BCUT2D eigenvalue weighted by Gasteiger charge is -2.16. The number of hydrogen-bond donors (Lipinski definition) is 2. The molecule has 0 aliphatic carbocycles. The number of nitrogens with zero attached hydrogens (tertiary/aromatic N) is 1. The number of nitrogens with one attached hydrogen (secondary N) is 2. The zero-order valence-corrected chi connectivity index (χ0v) is 16.6. The van der Waals surface area contributed by atoms with Gasteiger partial charge in [0.15, 0.2) is 5.96 Å². The fourth-order valence-electron chi connectivity index (χ4n) is 1.69. The van der Waals surface area contributed by atoms with Crippen LogP contribution in [0.4, 0.5) is 22.0 Å². The van der Waals surface area contributed by atoms with E-state index in [0.717, 1.165) is 0 Å². The molecule has 0 aliphatic heterocycles. The van der Waals surface area contributed by atoms with Gasteiger partial charge in [0.1, 0.15) is 5.75 Å². The fraction of sp³-hybridized carbons (Fsp3) is 0.462. The van der Waals surface area contributed by atoms with Crippen LogP contribution in [0.15, 0.2) is 17.1 Å². The van der Waals surface area contributed by atoms with E-state index in [4.69, 9.17) is 23.2 Å². The molecule has 12 heteroatoms. The lowest BCUT2D eigenvalue weighted by atomic mass is 10.2. The Morgan fingerprint density at radius 1 is 1.24 bits per heavy atom. The average Bonchev–Trinajstić information content (AvgIpc) is 2.44. The van der Waals surface area contributed by atoms with E-state index in [0.29, 0.717) is 0 Å². The number of alkyl halides is 5. The molecule has 0 atom stereocenters. The van der Waals surface area contributed by atoms with E-state index in [9.17, 15) is 22.0 Å². The minimum absolute atomic E-state index is 0. The first kappa shape index (κ1) is 24.2. The van der Waals surface area contributed by atoms with Crippen LogP contribution in [0, 0.1) is 0 Å². The smallest absolute Gasteiger partial charge is 0.390 e. The Morgan fingerprint density at radius 2 is 1.88 bits per heavy atom. The van der Waals surface area contributed by atoms with Gasteiger partial charge in [-0.25, -0.2) is 0 Å². The summed E-state index contributed by atoms with van der Waals surface area (Å²) in [6.45, 7) is -3.57. The highest BCUT2D eigenvalue weighted by atomic mass is 127. The molecule has 2 N–H and O–H groups in total. The first-order valence-corrected chi connectivity index (χ1v) is 7.32. The third kappa shape index (κ3) is 9.50. The van der Waals surface area contributed by atoms with Crippen LogP contribution in [0.25, 0.3) is 0 Å². The van der Waals surface area contributed by atoms with E-state index in [1.54, 1.807) is 0 Å². The number of hydrogen-bond acceptors (Lipinski definition) is 2. The second-order valence-electron chi connectivity index (χ2n) is 4.47. The zero-order valence-electron chi connectivity index (χ0n) is 12.8. The summed E-state index contributed by atoms with van der Waals surface area (Å²) in [5, 5.41) is 5.20. The Kier molecular flexibility index (Phi) is 10.7. The average molecular weight is 522 g/mol. The standard InChI is InChI=1S/C13H14Cl2F5N3O.HI/c1-21-12(22-3-2-13(18,19)20)23-6-7-4-8(14)5-9(15)10(7)24-11(16)17;/h4-5,11H,2-3,6H2,1H3,(H2,21,22,23);1H. The summed E-state index contributed by atoms with van der Waals surface area (Å²) < 4.78 is 65.6. The molecular weight excluding hydrogens is 507 g/mol. The summed E-state index contributed by atoms with van der Waals surface area (Å²) in [5.74, 6) is -0.215. The van der Waals surface area contributed by atoms with E-state index in [1.165, 1.54) is 19.2 Å². The largest absolute Gasteiger partial charge is 0.433 e. The number of benzene rings is 1. The molecule has 0 bridgehead atoms. The first-order valence-electron chi connectivity index (χ1n) is 6.56. The molecule has 0 aliphatic rings. The monoisotopic (exact) mass is 521 g/mol. The number of aliphatic imine (C=N–C) groups is 1. The molecule has 0 amide bonds. The Bertz CT molecular complexity index is 588. The Labute approximate surface area is 168 Å². The van der Waals surface area contributed by atoms with E-state index in [1.807, 2.05) is 0 Å². The number of ether oxygens (including phenoxy) is 1. The minimum atomic E-state index is -4.30. The van der Waals surface area contributed by atoms with Gasteiger partial charge in [0.05, 0.1) is 11.4 Å². The van der Waals surface area contributed by atoms with Crippen molar-refractivity contribution in [1.82, 2.24) is 10.6 Å². The van der Waals surface area contributed by atoms with Crippen molar-refractivity contribution in [2.24, 2.45) is 4.99 Å². The van der Waals surface area contributed by atoms with Crippen molar-refractivity contribution in [3.05, 3.63) is 27.7 Å². The molecule has 0 radical (unpaired) electrons. The summed E-state index contributed by atoms with van der Waals surface area (Å²) in [6, 6.07) is 2.59. The highest BCUT2D eigenvalue weighted by Gasteiger charge is 2.26. The van der Waals surface area contributed by atoms with Crippen molar-refractivity contribution >= 4 is 53.1 Å². The molecule has 0 unspecified atom stereocenters. The predicted octanol–water partition coefficient (Wildman–Crippen LogP) is 4.83. The number of halogens is 8. The van der Waals surface area contributed by atoms with Gasteiger partial charge in [-0.2, -0.15) is 22.0 Å². The van der Waals surface area contributed by atoms with Crippen LogP contribution < -0.4 is 15.4 Å². The van der Waals surface area contributed by atoms with Crippen LogP contribution in [-0.2, 0) is 6.54 Å². The van der Waals surface area contributed by atoms with Crippen LogP contribution >= 0.6 is 47.2 Å². The topological polar surface area (TPSA) is 45.7 Å². The van der Waals surface area contributed by atoms with Gasteiger partial charge in [-0.05, 0) is 12.1 Å². The van der Waals surface area contributed by atoms with E-state index in [2.05, 4.69) is 20.4 Å². The lowest BCUT2D eigenvalue weighted by Crippen LogP contribution is -2.38. The molecule has 1 aromatic rings. The second kappa shape index (κ2) is 11.1. The second-order valence-corrected chi connectivity index (χ2v) is 5.32. The number of guanidine groups is 1. The van der Waals surface area contributed by atoms with Gasteiger partial charge >= 0.3 is 12.8 Å². The maximum absolute atomic E-state index is 12.4. The van der Waals surface area contributed by atoms with Gasteiger partial charge in [0.2, 0.25) is 0 Å². The molecule has 1 rings (SSSR count). The van der Waals surface area contributed by atoms with Crippen molar-refractivity contribution in [2.75, 3.05) is 13.6 Å². The predicted molar refractivity (Wildman–Crippen MR) is 97.4 cm³/mol. The molecule has 0 aromatic heterocycles. The van der Waals surface area contributed by atoms with Gasteiger partial charge in [0.25, 0.3) is 0 Å². The highest BCUT2D eigenvalue weighted by Crippen LogP contribution is 2.33. The van der Waals surface area contributed by atoms with Crippen LogP contribution in [0.1, 0.15) is 12.0 Å². The summed E-state index contributed by atoms with van der Waals surface area (Å²) in [7, 11) is 1.35. The van der Waals surface area contributed by atoms with E-state index < -0.39 is 19.2 Å². The van der Waals surface area contributed by atoms with Crippen LogP contribution in [0.2, 0.25) is 10.0 Å². The van der Waals surface area contributed by atoms with Crippen molar-refractivity contribution in [1.29, 1.82) is 0 Å². The van der Waals surface area contributed by atoms with Gasteiger partial charge in [-0.15, -0.1) is 24.0 Å². The fourth-order valence-corrected chi connectivity index (χ4v) is 2.27. The normalized spacial score (nSPS) is 12.0. The van der Waals surface area contributed by atoms with Gasteiger partial charge < -0.3 is 15.4 Å². The first-order chi connectivity index (χ1) is 11.1. The van der Waals surface area contributed by atoms with Crippen molar-refractivity contribution in [3.63, 3.8) is 0 Å². The SMILES string of the molecule is CN=C(NCCC(F)(F)F)NCc1cc(Cl)cc(Cl)c1OC(F)F.I. The van der Waals surface area contributed by atoms with E-state index >= 15 is 0 Å². The van der Waals surface area contributed by atoms with Gasteiger partial charge in [0, 0.05) is 30.7 Å². The molecule has 4 nitrogen and oxygen atoms in total. The Hall–Kier alpha value is -0.750. The third-order valence-electron chi connectivity index (χ3n) is 2.66. The van der Waals surface area contributed by atoms with Crippen LogP contribution in [0.5, 0.6) is 5.75 Å². The maximum Gasteiger partial charge on any atom is 0.390 e. The molecule has 0 saturated carbocycles. The van der Waals surface area contributed by atoms with Crippen molar-refractivity contribution < 1.29 is 26.7 Å². The van der Waals surface area contributed by atoms with E-state index in [-0.39, 0.29) is 64.4 Å². The van der Waals surface area contributed by atoms with Gasteiger partial charge in [-0.1, -0.05) is 23.2 Å². The van der Waals surface area contributed by atoms with Gasteiger partial charge in [-0.3, -0.25) is 4.99 Å². The van der Waals surface area contributed by atoms with Crippen molar-refractivity contribution in [3.8, 4) is 5.75 Å². The summed E-state index contributed by atoms with van der Waals surface area (Å²) in [4.78, 5) is 3.73. The van der Waals surface area contributed by atoms with Crippen LogP contribution in [-0.4, -0.2) is 32.3 Å². The molecule has 144 valence electrons. The summed E-state index contributed by atoms with van der Waals surface area (Å²) in [6.07, 6.45) is -5.35. The molecule has 0 heterocycles. The third-order valence-corrected chi connectivity index (χ3v) is 3.16. The molecule has 0 saturated heterocycles. The minimum Gasteiger partial charge on any atom is -0.433 e. The zero-order chi connectivity index (χ0) is 18.3. The Morgan fingerprint density at radius 3 is 2.40 bits per heavy atom. The quantitative estimate of drug-likeness (QED) is 0.244. The number of rotatable bonds is 6. The molecule has 1 aromatic carbocycles. The maximum atomic E-state index is 12.4. The highest BCUT2D eigenvalue weighted by molar-refractivity contribution is 14.0. The Balaban J connectivity index is 0.00000576. The molecule has 0 spiro atoms. The van der Waals surface area contributed by atoms with Crippen LogP contribution in [0.3, 0.4) is 0 Å². The lowest BCUT2D eigenvalue weighted by molar-refractivity contribution is -0.132. The molecule has 0 fully saturated rings. The molecular formula is C13H15Cl2F5IN3O. The van der Waals surface area contributed by atoms with Crippen molar-refractivity contribution in [2.45, 2.75) is 25.8 Å².